The molecule has 2 heterocycles. The molecule has 2 N–H and O–H groups in total. The van der Waals surface area contributed by atoms with Gasteiger partial charge in [-0.2, -0.15) is 0 Å². The lowest BCUT2D eigenvalue weighted by molar-refractivity contribution is 0.0495. The number of carbonyl (C=O) groups is 2. The fraction of sp³-hybridized carbons (Fsp3) is 0.269. The Hall–Kier alpha value is -4.07. The second-order valence-corrected chi connectivity index (χ2v) is 8.86. The van der Waals surface area contributed by atoms with E-state index in [-0.39, 0.29) is 17.3 Å². The Morgan fingerprint density at radius 2 is 1.79 bits per heavy atom. The number of benzene rings is 2. The molecule has 0 bridgehead atoms. The molecule has 2 aromatic heterocycles. The zero-order valence-corrected chi connectivity index (χ0v) is 19.5. The fourth-order valence-electron chi connectivity index (χ4n) is 3.66. The van der Waals surface area contributed by atoms with Gasteiger partial charge in [0.15, 0.2) is 11.5 Å². The third-order valence-electron chi connectivity index (χ3n) is 5.13. The molecule has 0 aliphatic heterocycles. The van der Waals surface area contributed by atoms with Crippen LogP contribution in [0.4, 0.5) is 4.79 Å². The van der Waals surface area contributed by atoms with Crippen molar-refractivity contribution in [2.45, 2.75) is 38.8 Å². The summed E-state index contributed by atoms with van der Waals surface area (Å²) in [5.74, 6) is -0.190. The summed E-state index contributed by atoms with van der Waals surface area (Å²) < 4.78 is 16.6. The van der Waals surface area contributed by atoms with Gasteiger partial charge >= 0.3 is 12.1 Å². The molecule has 4 rings (SSSR count). The topological polar surface area (TPSA) is 106 Å². The van der Waals surface area contributed by atoms with Crippen LogP contribution in [0.5, 0.6) is 0 Å². The molecule has 2 aromatic carbocycles. The van der Waals surface area contributed by atoms with Crippen LogP contribution in [-0.4, -0.2) is 34.7 Å². The summed E-state index contributed by atoms with van der Waals surface area (Å²) in [7, 11) is 1.29. The van der Waals surface area contributed by atoms with Crippen molar-refractivity contribution >= 4 is 23.0 Å². The summed E-state index contributed by atoms with van der Waals surface area (Å²) in [5, 5.41) is 3.71. The van der Waals surface area contributed by atoms with E-state index >= 15 is 0 Å². The van der Waals surface area contributed by atoms with Crippen LogP contribution in [0.25, 0.3) is 22.2 Å². The van der Waals surface area contributed by atoms with Crippen LogP contribution in [-0.2, 0) is 15.9 Å². The molecule has 1 atom stereocenters. The molecular formula is C26H27N3O5. The highest BCUT2D eigenvalue weighted by Crippen LogP contribution is 2.34. The number of amides is 1. The van der Waals surface area contributed by atoms with E-state index in [1.165, 1.54) is 7.11 Å². The molecule has 0 radical (unpaired) electrons. The minimum Gasteiger partial charge on any atom is -0.464 e. The number of aromatic amines is 1. The van der Waals surface area contributed by atoms with Crippen molar-refractivity contribution in [1.82, 2.24) is 15.3 Å². The van der Waals surface area contributed by atoms with Gasteiger partial charge in [0.25, 0.3) is 0 Å². The van der Waals surface area contributed by atoms with Crippen LogP contribution >= 0.6 is 0 Å². The first kappa shape index (κ1) is 23.1. The maximum Gasteiger partial charge on any atom is 0.408 e. The van der Waals surface area contributed by atoms with Gasteiger partial charge < -0.3 is 24.2 Å². The van der Waals surface area contributed by atoms with E-state index in [1.807, 2.05) is 54.6 Å². The van der Waals surface area contributed by atoms with Gasteiger partial charge in [0.05, 0.1) is 7.11 Å². The van der Waals surface area contributed by atoms with Crippen molar-refractivity contribution in [3.05, 3.63) is 77.9 Å². The van der Waals surface area contributed by atoms with Crippen molar-refractivity contribution in [2.24, 2.45) is 0 Å². The minimum atomic E-state index is -0.681. The molecule has 0 saturated heterocycles. The van der Waals surface area contributed by atoms with Gasteiger partial charge in [-0.15, -0.1) is 0 Å². The molecule has 8 nitrogen and oxygen atoms in total. The fourth-order valence-corrected chi connectivity index (χ4v) is 3.66. The summed E-state index contributed by atoms with van der Waals surface area (Å²) in [6.07, 6.45) is 1.53. The van der Waals surface area contributed by atoms with Crippen molar-refractivity contribution < 1.29 is 23.5 Å². The quantitative estimate of drug-likeness (QED) is 0.372. The van der Waals surface area contributed by atoms with Gasteiger partial charge in [0, 0.05) is 29.1 Å². The first-order chi connectivity index (χ1) is 16.2. The van der Waals surface area contributed by atoms with Crippen LogP contribution in [0.2, 0.25) is 0 Å². The number of alkyl carbamates (subject to hydrolysis) is 1. The van der Waals surface area contributed by atoms with Crippen LogP contribution in [0, 0.1) is 0 Å². The third-order valence-corrected chi connectivity index (χ3v) is 5.13. The lowest BCUT2D eigenvalue weighted by atomic mass is 10.1. The molecule has 34 heavy (non-hydrogen) atoms. The first-order valence-electron chi connectivity index (χ1n) is 10.9. The van der Waals surface area contributed by atoms with Crippen molar-refractivity contribution in [2.75, 3.05) is 7.11 Å². The van der Waals surface area contributed by atoms with Gasteiger partial charge in [-0.3, -0.25) is 0 Å². The number of methoxy groups -OCH3 is 1. The Morgan fingerprint density at radius 1 is 1.09 bits per heavy atom. The van der Waals surface area contributed by atoms with Gasteiger partial charge in [-0.1, -0.05) is 48.5 Å². The second kappa shape index (κ2) is 9.43. The Kier molecular flexibility index (Phi) is 6.40. The second-order valence-electron chi connectivity index (χ2n) is 8.86. The van der Waals surface area contributed by atoms with Crippen molar-refractivity contribution in [3.8, 4) is 11.3 Å². The highest BCUT2D eigenvalue weighted by molar-refractivity contribution is 6.01. The van der Waals surface area contributed by atoms with Gasteiger partial charge in [0.1, 0.15) is 11.6 Å². The largest absolute Gasteiger partial charge is 0.464 e. The van der Waals surface area contributed by atoms with Crippen LogP contribution < -0.4 is 5.32 Å². The van der Waals surface area contributed by atoms with E-state index in [1.54, 1.807) is 27.0 Å². The zero-order chi connectivity index (χ0) is 24.3. The molecule has 4 aromatic rings. The lowest BCUT2D eigenvalue weighted by Gasteiger charge is -2.22. The van der Waals surface area contributed by atoms with E-state index in [2.05, 4.69) is 15.3 Å². The van der Waals surface area contributed by atoms with Gasteiger partial charge in [-0.05, 0) is 32.4 Å². The van der Waals surface area contributed by atoms with Crippen molar-refractivity contribution in [1.29, 1.82) is 0 Å². The number of nitrogens with one attached hydrogen (secondary N) is 2. The number of hydrogen-bond donors (Lipinski definition) is 2. The van der Waals surface area contributed by atoms with Gasteiger partial charge in [-0.25, -0.2) is 14.6 Å². The standard InChI is InChI=1S/C26H27N3O5/c1-26(2,3)34-25(31)28-20(14-16-10-6-5-7-11-16)23-29-21(24(30)32-4)22(33-23)18-15-27-19-13-9-8-12-17(18)19/h5-13,15,20,27H,14H2,1-4H3,(H,28,31)/t20-/m0/s1. The van der Waals surface area contributed by atoms with E-state index in [0.717, 1.165) is 16.5 Å². The summed E-state index contributed by atoms with van der Waals surface area (Å²) in [4.78, 5) is 32.9. The monoisotopic (exact) mass is 461 g/mol. The Balaban J connectivity index is 1.77. The minimum absolute atomic E-state index is 0.0336. The first-order valence-corrected chi connectivity index (χ1v) is 10.9. The SMILES string of the molecule is COC(=O)c1nc([C@H](Cc2ccccc2)NC(=O)OC(C)(C)C)oc1-c1c[nH]c2ccccc12. The summed E-state index contributed by atoms with van der Waals surface area (Å²) >= 11 is 0. The molecule has 0 aliphatic rings. The smallest absolute Gasteiger partial charge is 0.408 e. The number of ether oxygens (including phenoxy) is 2. The average molecular weight is 462 g/mol. The van der Waals surface area contributed by atoms with E-state index in [9.17, 15) is 9.59 Å². The molecule has 0 aliphatic carbocycles. The number of fused-ring (bicyclic) bond motifs is 1. The molecule has 8 heteroatoms. The highest BCUT2D eigenvalue weighted by Gasteiger charge is 2.30. The number of nitrogens with zero attached hydrogens (tertiary/aromatic N) is 1. The molecule has 0 unspecified atom stereocenters. The van der Waals surface area contributed by atoms with Crippen LogP contribution in [0.1, 0.15) is 48.8 Å². The Bertz CT molecular complexity index is 1300. The normalized spacial score (nSPS) is 12.4. The predicted octanol–water partition coefficient (Wildman–Crippen LogP) is 5.42. The average Bonchev–Trinajstić information content (AvgIpc) is 3.42. The third kappa shape index (κ3) is 5.11. The van der Waals surface area contributed by atoms with Crippen LogP contribution in [0.3, 0.4) is 0 Å². The number of hydrogen-bond acceptors (Lipinski definition) is 6. The number of rotatable bonds is 6. The molecule has 0 saturated carbocycles. The number of oxazole rings is 1. The Labute approximate surface area is 197 Å². The molecule has 0 spiro atoms. The van der Waals surface area contributed by atoms with E-state index < -0.39 is 23.7 Å². The van der Waals surface area contributed by atoms with E-state index in [0.29, 0.717) is 12.0 Å². The van der Waals surface area contributed by atoms with E-state index in [4.69, 9.17) is 13.9 Å². The number of aromatic nitrogens is 2. The molecule has 176 valence electrons. The summed E-state index contributed by atoms with van der Waals surface area (Å²) in [6, 6.07) is 16.6. The molecule has 1 amide bonds. The van der Waals surface area contributed by atoms with Gasteiger partial charge in [0.2, 0.25) is 5.89 Å². The lowest BCUT2D eigenvalue weighted by Crippen LogP contribution is -2.36. The highest BCUT2D eigenvalue weighted by atomic mass is 16.6. The maximum absolute atomic E-state index is 12.6. The zero-order valence-electron chi connectivity index (χ0n) is 19.5. The van der Waals surface area contributed by atoms with Crippen molar-refractivity contribution in [3.63, 3.8) is 0 Å². The molecular weight excluding hydrogens is 434 g/mol. The summed E-state index contributed by atoms with van der Waals surface area (Å²) in [6.45, 7) is 5.36. The van der Waals surface area contributed by atoms with Crippen LogP contribution in [0.15, 0.2) is 65.2 Å². The predicted molar refractivity (Wildman–Crippen MR) is 127 cm³/mol. The summed E-state index contributed by atoms with van der Waals surface area (Å²) in [5.41, 5.74) is 1.87. The maximum atomic E-state index is 12.6. The Morgan fingerprint density at radius 3 is 2.50 bits per heavy atom. The molecule has 0 fully saturated rings. The number of carbonyl (C=O) groups excluding carboxylic acids is 2. The number of H-pyrrole nitrogens is 1. The number of esters is 1. The number of para-hydroxylation sites is 1.